The molecule has 5 unspecified atom stereocenters. The van der Waals surface area contributed by atoms with Crippen molar-refractivity contribution in [3.8, 4) is 34.1 Å². The molecule has 0 amide bonds. The number of rotatable bonds is 7. The molecule has 4 N–H and O–H groups in total. The van der Waals surface area contributed by atoms with Crippen LogP contribution in [0.4, 0.5) is 0 Å². The fourth-order valence-corrected chi connectivity index (χ4v) is 3.88. The summed E-state index contributed by atoms with van der Waals surface area (Å²) in [6.45, 7) is -0.604. The standard InChI is InChI=1S/C24H26O11/c1-30-14-5-4-11(6-16(14)31-2)13-10-33-15-8-18(17(32-3)7-12(15)20(13)26)34-24-23(29)22(28)21(27)19(9-25)35-24/h4-8,10,19,21-25,27-29H,9H2,1-3H3. The first-order valence-corrected chi connectivity index (χ1v) is 10.7. The van der Waals surface area contributed by atoms with Gasteiger partial charge in [-0.15, -0.1) is 0 Å². The first-order valence-electron chi connectivity index (χ1n) is 10.7. The maximum Gasteiger partial charge on any atom is 0.229 e. The van der Waals surface area contributed by atoms with Crippen LogP contribution in [-0.2, 0) is 4.74 Å². The Bertz CT molecular complexity index is 1250. The zero-order chi connectivity index (χ0) is 25.3. The van der Waals surface area contributed by atoms with Crippen LogP contribution in [0, 0.1) is 0 Å². The molecule has 1 aromatic heterocycles. The molecule has 3 aromatic rings. The van der Waals surface area contributed by atoms with Gasteiger partial charge < -0.3 is 48.5 Å². The number of methoxy groups -OCH3 is 3. The highest BCUT2D eigenvalue weighted by Crippen LogP contribution is 2.36. The van der Waals surface area contributed by atoms with Crippen molar-refractivity contribution in [1.82, 2.24) is 0 Å². The average Bonchev–Trinajstić information content (AvgIpc) is 2.88. The van der Waals surface area contributed by atoms with E-state index in [1.165, 1.54) is 39.7 Å². The third-order valence-corrected chi connectivity index (χ3v) is 5.84. The van der Waals surface area contributed by atoms with E-state index in [1.807, 2.05) is 0 Å². The van der Waals surface area contributed by atoms with Crippen molar-refractivity contribution in [3.05, 3.63) is 46.8 Å². The van der Waals surface area contributed by atoms with Crippen LogP contribution < -0.4 is 24.4 Å². The van der Waals surface area contributed by atoms with E-state index in [2.05, 4.69) is 0 Å². The highest BCUT2D eigenvalue weighted by Gasteiger charge is 2.45. The Balaban J connectivity index is 1.72. The van der Waals surface area contributed by atoms with Crippen molar-refractivity contribution >= 4 is 11.0 Å². The van der Waals surface area contributed by atoms with E-state index in [-0.39, 0.29) is 33.5 Å². The molecular formula is C24H26O11. The van der Waals surface area contributed by atoms with Gasteiger partial charge in [0.25, 0.3) is 0 Å². The lowest BCUT2D eigenvalue weighted by atomic mass is 9.99. The summed E-state index contributed by atoms with van der Waals surface area (Å²) in [6, 6.07) is 7.84. The Morgan fingerprint density at radius 1 is 0.857 bits per heavy atom. The Morgan fingerprint density at radius 3 is 2.20 bits per heavy atom. The summed E-state index contributed by atoms with van der Waals surface area (Å²) in [6.07, 6.45) is -6.04. The number of benzene rings is 2. The lowest BCUT2D eigenvalue weighted by Crippen LogP contribution is -2.60. The second-order valence-corrected chi connectivity index (χ2v) is 7.86. The van der Waals surface area contributed by atoms with Crippen LogP contribution in [-0.4, -0.2) is 79.1 Å². The summed E-state index contributed by atoms with van der Waals surface area (Å²) in [7, 11) is 4.37. The van der Waals surface area contributed by atoms with Crippen molar-refractivity contribution in [2.45, 2.75) is 30.7 Å². The smallest absolute Gasteiger partial charge is 0.229 e. The van der Waals surface area contributed by atoms with Crippen LogP contribution in [0.5, 0.6) is 23.0 Å². The number of ether oxygens (including phenoxy) is 5. The minimum Gasteiger partial charge on any atom is -0.493 e. The lowest BCUT2D eigenvalue weighted by molar-refractivity contribution is -0.277. The van der Waals surface area contributed by atoms with Gasteiger partial charge in [0.1, 0.15) is 36.3 Å². The van der Waals surface area contributed by atoms with Crippen LogP contribution in [0.2, 0.25) is 0 Å². The molecule has 188 valence electrons. The van der Waals surface area contributed by atoms with Gasteiger partial charge in [0, 0.05) is 6.07 Å². The van der Waals surface area contributed by atoms with Gasteiger partial charge in [-0.2, -0.15) is 0 Å². The van der Waals surface area contributed by atoms with E-state index in [4.69, 9.17) is 28.1 Å². The molecule has 11 heteroatoms. The second-order valence-electron chi connectivity index (χ2n) is 7.86. The maximum atomic E-state index is 13.3. The van der Waals surface area contributed by atoms with Gasteiger partial charge in [-0.05, 0) is 23.8 Å². The Kier molecular flexibility index (Phi) is 7.15. The predicted octanol–water partition coefficient (Wildman–Crippen LogP) is 0.665. The van der Waals surface area contributed by atoms with Crippen LogP contribution in [0.25, 0.3) is 22.1 Å². The van der Waals surface area contributed by atoms with E-state index < -0.39 is 37.3 Å². The van der Waals surface area contributed by atoms with E-state index in [1.54, 1.807) is 18.2 Å². The van der Waals surface area contributed by atoms with Gasteiger partial charge in [-0.1, -0.05) is 6.07 Å². The third-order valence-electron chi connectivity index (χ3n) is 5.84. The molecule has 1 saturated heterocycles. The van der Waals surface area contributed by atoms with E-state index in [9.17, 15) is 25.2 Å². The minimum absolute atomic E-state index is 0.0475. The van der Waals surface area contributed by atoms with Gasteiger partial charge in [0.05, 0.1) is 38.9 Å². The predicted molar refractivity (Wildman–Crippen MR) is 122 cm³/mol. The zero-order valence-electron chi connectivity index (χ0n) is 19.2. The molecule has 0 bridgehead atoms. The molecule has 0 radical (unpaired) electrons. The molecule has 2 heterocycles. The quantitative estimate of drug-likeness (QED) is 0.369. The Labute approximate surface area is 199 Å². The highest BCUT2D eigenvalue weighted by molar-refractivity contribution is 5.85. The molecule has 11 nitrogen and oxygen atoms in total. The number of hydrogen-bond donors (Lipinski definition) is 4. The zero-order valence-corrected chi connectivity index (χ0v) is 19.2. The van der Waals surface area contributed by atoms with Crippen molar-refractivity contribution in [2.24, 2.45) is 0 Å². The summed E-state index contributed by atoms with van der Waals surface area (Å²) in [4.78, 5) is 13.3. The minimum atomic E-state index is -1.62. The monoisotopic (exact) mass is 490 g/mol. The van der Waals surface area contributed by atoms with Crippen molar-refractivity contribution < 1.29 is 48.5 Å². The fraction of sp³-hybridized carbons (Fsp3) is 0.375. The van der Waals surface area contributed by atoms with Crippen molar-refractivity contribution in [2.75, 3.05) is 27.9 Å². The summed E-state index contributed by atoms with van der Waals surface area (Å²) in [5, 5.41) is 39.8. The van der Waals surface area contributed by atoms with Crippen molar-refractivity contribution in [1.29, 1.82) is 0 Å². The second kappa shape index (κ2) is 10.1. The molecule has 0 spiro atoms. The summed E-state index contributed by atoms with van der Waals surface area (Å²) < 4.78 is 32.7. The lowest BCUT2D eigenvalue weighted by Gasteiger charge is -2.39. The van der Waals surface area contributed by atoms with Crippen LogP contribution in [0.1, 0.15) is 0 Å². The Hall–Kier alpha value is -3.35. The molecule has 1 fully saturated rings. The molecule has 0 saturated carbocycles. The molecule has 0 aliphatic carbocycles. The number of aliphatic hydroxyl groups excluding tert-OH is 4. The van der Waals surface area contributed by atoms with E-state index in [0.717, 1.165) is 0 Å². The number of hydrogen-bond acceptors (Lipinski definition) is 11. The van der Waals surface area contributed by atoms with Gasteiger partial charge in [-0.3, -0.25) is 4.79 Å². The molecule has 1 aliphatic rings. The first kappa shape index (κ1) is 24.8. The fourth-order valence-electron chi connectivity index (χ4n) is 3.88. The Morgan fingerprint density at radius 2 is 1.54 bits per heavy atom. The molecule has 5 atom stereocenters. The van der Waals surface area contributed by atoms with Crippen LogP contribution in [0.3, 0.4) is 0 Å². The molecule has 35 heavy (non-hydrogen) atoms. The average molecular weight is 490 g/mol. The van der Waals surface area contributed by atoms with Crippen LogP contribution >= 0.6 is 0 Å². The van der Waals surface area contributed by atoms with Gasteiger partial charge in [-0.25, -0.2) is 0 Å². The van der Waals surface area contributed by atoms with Crippen molar-refractivity contribution in [3.63, 3.8) is 0 Å². The summed E-state index contributed by atoms with van der Waals surface area (Å²) >= 11 is 0. The normalized spacial score (nSPS) is 24.3. The molecule has 1 aliphatic heterocycles. The largest absolute Gasteiger partial charge is 0.493 e. The highest BCUT2D eigenvalue weighted by atomic mass is 16.7. The van der Waals surface area contributed by atoms with Gasteiger partial charge in [0.2, 0.25) is 11.7 Å². The van der Waals surface area contributed by atoms with Crippen LogP contribution in [0.15, 0.2) is 45.8 Å². The van der Waals surface area contributed by atoms with E-state index >= 15 is 0 Å². The maximum absolute atomic E-state index is 13.3. The third kappa shape index (κ3) is 4.51. The van der Waals surface area contributed by atoms with E-state index in [0.29, 0.717) is 17.1 Å². The molecular weight excluding hydrogens is 464 g/mol. The number of aliphatic hydroxyl groups is 4. The SMILES string of the molecule is COc1ccc(-c2coc3cc(OC4OC(CO)C(O)C(O)C4O)c(OC)cc3c2=O)cc1OC. The molecule has 2 aromatic carbocycles. The first-order chi connectivity index (χ1) is 16.8. The van der Waals surface area contributed by atoms with Gasteiger partial charge >= 0.3 is 0 Å². The van der Waals surface area contributed by atoms with Gasteiger partial charge in [0.15, 0.2) is 23.0 Å². The number of fused-ring (bicyclic) bond motifs is 1. The summed E-state index contributed by atoms with van der Waals surface area (Å²) in [5.74, 6) is 1.14. The molecule has 4 rings (SSSR count). The topological polar surface area (TPSA) is 157 Å². The summed E-state index contributed by atoms with van der Waals surface area (Å²) in [5.41, 5.74) is 0.665.